The minimum atomic E-state index is -0.350. The number of carbonyl (C=O) groups excluding carboxylic acids is 2. The van der Waals surface area contributed by atoms with Gasteiger partial charge in [0.25, 0.3) is 0 Å². The van der Waals surface area contributed by atoms with Crippen LogP contribution in [0.5, 0.6) is 11.5 Å². The van der Waals surface area contributed by atoms with Crippen molar-refractivity contribution in [1.29, 1.82) is 5.26 Å². The molecule has 1 heterocycles. The van der Waals surface area contributed by atoms with Crippen LogP contribution in [0.4, 0.5) is 10.5 Å². The highest BCUT2D eigenvalue weighted by atomic mass is 32.1. The van der Waals surface area contributed by atoms with Crippen molar-refractivity contribution in [2.24, 2.45) is 0 Å². The standard InChI is InChI=1S/C29H34N4O4S/c1-5-14-33(29(35)31-24-9-6-23(18-30)7-10-24)20-28(34)32(19-27-21(2)13-16-38-27)15-12-22-8-11-25(36-3)26(17-22)37-4/h6-11,13,16-17H,5,12,14-15,19-20H2,1-4H3,(H,31,35). The zero-order valence-electron chi connectivity index (χ0n) is 22.3. The Hall–Kier alpha value is -4.03. The van der Waals surface area contributed by atoms with E-state index in [4.69, 9.17) is 14.7 Å². The summed E-state index contributed by atoms with van der Waals surface area (Å²) in [6.07, 6.45) is 1.34. The number of ether oxygens (including phenoxy) is 2. The third-order valence-corrected chi connectivity index (χ3v) is 7.15. The van der Waals surface area contributed by atoms with E-state index in [2.05, 4.69) is 11.4 Å². The van der Waals surface area contributed by atoms with Crippen LogP contribution in [-0.4, -0.2) is 55.6 Å². The van der Waals surface area contributed by atoms with Gasteiger partial charge in [0.2, 0.25) is 5.91 Å². The molecule has 3 aromatic rings. The molecule has 0 saturated carbocycles. The maximum absolute atomic E-state index is 13.6. The van der Waals surface area contributed by atoms with Crippen LogP contribution in [0.1, 0.15) is 34.9 Å². The molecule has 1 N–H and O–H groups in total. The SMILES string of the molecule is CCCN(CC(=O)N(CCc1ccc(OC)c(OC)c1)Cc1sccc1C)C(=O)Nc1ccc(C#N)cc1. The van der Waals surface area contributed by atoms with E-state index in [0.29, 0.717) is 55.2 Å². The van der Waals surface area contributed by atoms with Crippen LogP contribution in [0.2, 0.25) is 0 Å². The molecule has 0 aliphatic carbocycles. The highest BCUT2D eigenvalue weighted by Crippen LogP contribution is 2.28. The maximum atomic E-state index is 13.6. The molecule has 9 heteroatoms. The van der Waals surface area contributed by atoms with Crippen molar-refractivity contribution in [3.05, 3.63) is 75.5 Å². The highest BCUT2D eigenvalue weighted by molar-refractivity contribution is 7.10. The summed E-state index contributed by atoms with van der Waals surface area (Å²) in [4.78, 5) is 31.1. The van der Waals surface area contributed by atoms with Crippen LogP contribution >= 0.6 is 11.3 Å². The number of hydrogen-bond donors (Lipinski definition) is 1. The molecular formula is C29H34N4O4S. The first kappa shape index (κ1) is 28.5. The Morgan fingerprint density at radius 3 is 2.34 bits per heavy atom. The molecule has 200 valence electrons. The first-order chi connectivity index (χ1) is 18.4. The molecule has 3 amide bonds. The van der Waals surface area contributed by atoms with Gasteiger partial charge < -0.3 is 24.6 Å². The molecule has 0 unspecified atom stereocenters. The molecule has 2 aromatic carbocycles. The number of hydrogen-bond acceptors (Lipinski definition) is 6. The lowest BCUT2D eigenvalue weighted by Gasteiger charge is -2.28. The van der Waals surface area contributed by atoms with Gasteiger partial charge in [-0.3, -0.25) is 4.79 Å². The molecule has 0 aliphatic rings. The van der Waals surface area contributed by atoms with E-state index < -0.39 is 0 Å². The van der Waals surface area contributed by atoms with Gasteiger partial charge in [0.1, 0.15) is 6.54 Å². The second kappa shape index (κ2) is 14.1. The number of aryl methyl sites for hydroxylation is 1. The molecule has 0 saturated heterocycles. The van der Waals surface area contributed by atoms with Crippen LogP contribution in [0.3, 0.4) is 0 Å². The van der Waals surface area contributed by atoms with E-state index in [-0.39, 0.29) is 18.5 Å². The average molecular weight is 535 g/mol. The Morgan fingerprint density at radius 2 is 1.74 bits per heavy atom. The van der Waals surface area contributed by atoms with Crippen molar-refractivity contribution in [2.75, 3.05) is 39.2 Å². The van der Waals surface area contributed by atoms with Gasteiger partial charge in [0, 0.05) is 23.7 Å². The lowest BCUT2D eigenvalue weighted by molar-refractivity contribution is -0.132. The van der Waals surface area contributed by atoms with Gasteiger partial charge in [0.15, 0.2) is 11.5 Å². The minimum absolute atomic E-state index is 0.0354. The van der Waals surface area contributed by atoms with Crippen molar-refractivity contribution < 1.29 is 19.1 Å². The van der Waals surface area contributed by atoms with E-state index in [1.54, 1.807) is 49.8 Å². The van der Waals surface area contributed by atoms with Crippen molar-refractivity contribution >= 4 is 29.0 Å². The van der Waals surface area contributed by atoms with Gasteiger partial charge in [-0.25, -0.2) is 4.79 Å². The number of benzene rings is 2. The van der Waals surface area contributed by atoms with Gasteiger partial charge in [-0.05, 0) is 78.7 Å². The molecule has 1 aromatic heterocycles. The summed E-state index contributed by atoms with van der Waals surface area (Å²) >= 11 is 1.62. The van der Waals surface area contributed by atoms with Crippen LogP contribution in [0, 0.1) is 18.3 Å². The Morgan fingerprint density at radius 1 is 1.00 bits per heavy atom. The predicted molar refractivity (Wildman–Crippen MR) is 150 cm³/mol. The molecule has 38 heavy (non-hydrogen) atoms. The second-order valence-electron chi connectivity index (χ2n) is 8.82. The number of urea groups is 1. The summed E-state index contributed by atoms with van der Waals surface area (Å²) in [5.74, 6) is 1.18. The fourth-order valence-corrected chi connectivity index (χ4v) is 4.87. The van der Waals surface area contributed by atoms with Crippen LogP contribution in [0.25, 0.3) is 0 Å². The second-order valence-corrected chi connectivity index (χ2v) is 9.82. The molecule has 0 radical (unpaired) electrons. The summed E-state index contributed by atoms with van der Waals surface area (Å²) in [7, 11) is 3.20. The summed E-state index contributed by atoms with van der Waals surface area (Å²) in [6, 6.07) is 16.2. The number of rotatable bonds is 12. The molecule has 0 atom stereocenters. The van der Waals surface area contributed by atoms with Crippen molar-refractivity contribution in [3.63, 3.8) is 0 Å². The van der Waals surface area contributed by atoms with E-state index in [1.165, 1.54) is 4.90 Å². The largest absolute Gasteiger partial charge is 0.493 e. The van der Waals surface area contributed by atoms with Gasteiger partial charge in [0.05, 0.1) is 32.4 Å². The van der Waals surface area contributed by atoms with Crippen LogP contribution < -0.4 is 14.8 Å². The van der Waals surface area contributed by atoms with Gasteiger partial charge >= 0.3 is 6.03 Å². The quantitative estimate of drug-likeness (QED) is 0.333. The summed E-state index contributed by atoms with van der Waals surface area (Å²) < 4.78 is 10.8. The lowest BCUT2D eigenvalue weighted by atomic mass is 10.1. The summed E-state index contributed by atoms with van der Waals surface area (Å²) in [5.41, 5.74) is 3.25. The van der Waals surface area contributed by atoms with E-state index in [1.807, 2.05) is 48.4 Å². The van der Waals surface area contributed by atoms with Gasteiger partial charge in [-0.1, -0.05) is 13.0 Å². The average Bonchev–Trinajstić information content (AvgIpc) is 3.34. The van der Waals surface area contributed by atoms with Crippen LogP contribution in [0.15, 0.2) is 53.9 Å². The monoisotopic (exact) mass is 534 g/mol. The number of amides is 3. The van der Waals surface area contributed by atoms with Crippen LogP contribution in [-0.2, 0) is 17.8 Å². The zero-order chi connectivity index (χ0) is 27.5. The number of nitrogens with one attached hydrogen (secondary N) is 1. The smallest absolute Gasteiger partial charge is 0.322 e. The molecule has 0 bridgehead atoms. The number of nitrogens with zero attached hydrogens (tertiary/aromatic N) is 3. The molecule has 0 spiro atoms. The Kier molecular flexibility index (Phi) is 10.6. The minimum Gasteiger partial charge on any atom is -0.493 e. The zero-order valence-corrected chi connectivity index (χ0v) is 23.1. The predicted octanol–water partition coefficient (Wildman–Crippen LogP) is 5.46. The van der Waals surface area contributed by atoms with Crippen molar-refractivity contribution in [1.82, 2.24) is 9.80 Å². The molecule has 0 aliphatic heterocycles. The van der Waals surface area contributed by atoms with E-state index in [0.717, 1.165) is 16.0 Å². The van der Waals surface area contributed by atoms with E-state index >= 15 is 0 Å². The number of nitriles is 1. The van der Waals surface area contributed by atoms with Gasteiger partial charge in [-0.2, -0.15) is 5.26 Å². The first-order valence-corrected chi connectivity index (χ1v) is 13.3. The Balaban J connectivity index is 1.74. The number of anilines is 1. The summed E-state index contributed by atoms with van der Waals surface area (Å²) in [6.45, 7) is 5.38. The fraction of sp³-hybridized carbons (Fsp3) is 0.345. The topological polar surface area (TPSA) is 94.9 Å². The van der Waals surface area contributed by atoms with Gasteiger partial charge in [-0.15, -0.1) is 11.3 Å². The maximum Gasteiger partial charge on any atom is 0.322 e. The number of methoxy groups -OCH3 is 2. The first-order valence-electron chi connectivity index (χ1n) is 12.5. The third-order valence-electron chi connectivity index (χ3n) is 6.15. The molecule has 0 fully saturated rings. The Bertz CT molecular complexity index is 1270. The van der Waals surface area contributed by atoms with E-state index in [9.17, 15) is 9.59 Å². The highest BCUT2D eigenvalue weighted by Gasteiger charge is 2.22. The third kappa shape index (κ3) is 7.73. The Labute approximate surface area is 228 Å². The lowest BCUT2D eigenvalue weighted by Crippen LogP contribution is -2.45. The summed E-state index contributed by atoms with van der Waals surface area (Å²) in [5, 5.41) is 13.9. The van der Waals surface area contributed by atoms with Crippen molar-refractivity contribution in [2.45, 2.75) is 33.2 Å². The number of thiophene rings is 1. The normalized spacial score (nSPS) is 10.4. The van der Waals surface area contributed by atoms with Crippen molar-refractivity contribution in [3.8, 4) is 17.6 Å². The molecule has 3 rings (SSSR count). The number of carbonyl (C=O) groups is 2. The molecular weight excluding hydrogens is 500 g/mol. The molecule has 8 nitrogen and oxygen atoms in total. The fourth-order valence-electron chi connectivity index (χ4n) is 3.95.